The van der Waals surface area contributed by atoms with E-state index in [0.29, 0.717) is 16.5 Å². The van der Waals surface area contributed by atoms with Crippen molar-refractivity contribution in [1.82, 2.24) is 0 Å². The van der Waals surface area contributed by atoms with Crippen LogP contribution in [0, 0.1) is 0 Å². The molecule has 0 aliphatic rings. The zero-order valence-corrected chi connectivity index (χ0v) is 12.2. The molecule has 0 amide bonds. The van der Waals surface area contributed by atoms with Crippen molar-refractivity contribution in [2.45, 2.75) is 26.7 Å². The van der Waals surface area contributed by atoms with Crippen LogP contribution in [0.15, 0.2) is 42.5 Å². The van der Waals surface area contributed by atoms with Gasteiger partial charge >= 0.3 is 0 Å². The van der Waals surface area contributed by atoms with Crippen LogP contribution in [0.5, 0.6) is 0 Å². The van der Waals surface area contributed by atoms with Gasteiger partial charge < -0.3 is 0 Å². The number of hydrogen-bond donors (Lipinski definition) is 0. The summed E-state index contributed by atoms with van der Waals surface area (Å²) in [6.45, 7) is 5.88. The van der Waals surface area contributed by atoms with E-state index in [9.17, 15) is 4.79 Å². The summed E-state index contributed by atoms with van der Waals surface area (Å²) < 4.78 is 0. The first kappa shape index (κ1) is 13.8. The van der Waals surface area contributed by atoms with Gasteiger partial charge in [-0.3, -0.25) is 4.79 Å². The summed E-state index contributed by atoms with van der Waals surface area (Å²) in [6, 6.07) is 13.8. The Bertz CT molecular complexity index is 614. The molecule has 0 N–H and O–H groups in total. The molecule has 1 nitrogen and oxygen atoms in total. The van der Waals surface area contributed by atoms with E-state index in [1.54, 1.807) is 13.0 Å². The average Bonchev–Trinajstić information content (AvgIpc) is 2.38. The van der Waals surface area contributed by atoms with Crippen molar-refractivity contribution in [2.24, 2.45) is 0 Å². The monoisotopic (exact) mass is 272 g/mol. The van der Waals surface area contributed by atoms with E-state index < -0.39 is 0 Å². The van der Waals surface area contributed by atoms with Gasteiger partial charge in [-0.2, -0.15) is 0 Å². The maximum atomic E-state index is 11.3. The Morgan fingerprint density at radius 2 is 1.84 bits per heavy atom. The highest BCUT2D eigenvalue weighted by molar-refractivity contribution is 6.33. The fourth-order valence-electron chi connectivity index (χ4n) is 2.03. The van der Waals surface area contributed by atoms with Crippen molar-refractivity contribution in [2.75, 3.05) is 0 Å². The van der Waals surface area contributed by atoms with Crippen LogP contribution in [0.1, 0.15) is 42.6 Å². The van der Waals surface area contributed by atoms with Gasteiger partial charge in [-0.05, 0) is 30.0 Å². The van der Waals surface area contributed by atoms with Crippen LogP contribution in [0.25, 0.3) is 11.1 Å². The smallest absolute Gasteiger partial charge is 0.159 e. The van der Waals surface area contributed by atoms with E-state index in [0.717, 1.165) is 11.1 Å². The predicted molar refractivity (Wildman–Crippen MR) is 81.0 cm³/mol. The molecule has 0 radical (unpaired) electrons. The normalized spacial score (nSPS) is 10.8. The van der Waals surface area contributed by atoms with Crippen LogP contribution in [-0.2, 0) is 0 Å². The van der Waals surface area contributed by atoms with Gasteiger partial charge in [-0.1, -0.05) is 61.8 Å². The van der Waals surface area contributed by atoms with Crippen LogP contribution in [0.4, 0.5) is 0 Å². The molecule has 98 valence electrons. The predicted octanol–water partition coefficient (Wildman–Crippen LogP) is 5.33. The zero-order chi connectivity index (χ0) is 14.0. The Labute approximate surface area is 119 Å². The topological polar surface area (TPSA) is 17.1 Å². The van der Waals surface area contributed by atoms with Gasteiger partial charge in [0.15, 0.2) is 5.78 Å². The van der Waals surface area contributed by atoms with Crippen molar-refractivity contribution in [1.29, 1.82) is 0 Å². The fraction of sp³-hybridized carbons (Fsp3) is 0.235. The largest absolute Gasteiger partial charge is 0.295 e. The van der Waals surface area contributed by atoms with Crippen LogP contribution in [0.2, 0.25) is 5.02 Å². The first-order chi connectivity index (χ1) is 8.99. The van der Waals surface area contributed by atoms with E-state index in [1.165, 1.54) is 5.56 Å². The Kier molecular flexibility index (Phi) is 4.06. The first-order valence-corrected chi connectivity index (χ1v) is 6.77. The standard InChI is InChI=1S/C17H17ClO/c1-11(2)13-5-4-6-15(9-13)16-8-7-14(12(3)19)10-17(16)18/h4-11H,1-3H3. The minimum atomic E-state index is 0.0318. The second-order valence-electron chi connectivity index (χ2n) is 5.03. The van der Waals surface area contributed by atoms with Crippen LogP contribution in [-0.4, -0.2) is 5.78 Å². The lowest BCUT2D eigenvalue weighted by Gasteiger charge is -2.10. The lowest BCUT2D eigenvalue weighted by atomic mass is 9.96. The quantitative estimate of drug-likeness (QED) is 0.690. The van der Waals surface area contributed by atoms with Gasteiger partial charge in [0.1, 0.15) is 0 Å². The Morgan fingerprint density at radius 1 is 1.11 bits per heavy atom. The number of carbonyl (C=O) groups excluding carboxylic acids is 1. The van der Waals surface area contributed by atoms with Gasteiger partial charge in [0.25, 0.3) is 0 Å². The maximum absolute atomic E-state index is 11.3. The highest BCUT2D eigenvalue weighted by Crippen LogP contribution is 2.30. The molecule has 0 atom stereocenters. The highest BCUT2D eigenvalue weighted by Gasteiger charge is 2.08. The molecule has 0 aromatic heterocycles. The molecule has 2 aromatic rings. The summed E-state index contributed by atoms with van der Waals surface area (Å²) in [4.78, 5) is 11.3. The van der Waals surface area contributed by atoms with Gasteiger partial charge in [-0.25, -0.2) is 0 Å². The first-order valence-electron chi connectivity index (χ1n) is 6.40. The minimum Gasteiger partial charge on any atom is -0.295 e. The molecule has 2 heteroatoms. The number of benzene rings is 2. The van der Waals surface area contributed by atoms with Crippen molar-refractivity contribution in [3.63, 3.8) is 0 Å². The van der Waals surface area contributed by atoms with Crippen LogP contribution >= 0.6 is 11.6 Å². The third kappa shape index (κ3) is 3.05. The summed E-state index contributed by atoms with van der Waals surface area (Å²) in [5.74, 6) is 0.514. The molecule has 19 heavy (non-hydrogen) atoms. The van der Waals surface area contributed by atoms with E-state index in [4.69, 9.17) is 11.6 Å². The highest BCUT2D eigenvalue weighted by atomic mass is 35.5. The van der Waals surface area contributed by atoms with Gasteiger partial charge in [0.2, 0.25) is 0 Å². The number of hydrogen-bond acceptors (Lipinski definition) is 1. The number of ketones is 1. The lowest BCUT2D eigenvalue weighted by Crippen LogP contribution is -1.93. The van der Waals surface area contributed by atoms with Crippen LogP contribution < -0.4 is 0 Å². The summed E-state index contributed by atoms with van der Waals surface area (Å²) >= 11 is 6.29. The third-order valence-electron chi connectivity index (χ3n) is 3.24. The van der Waals surface area contributed by atoms with E-state index in [2.05, 4.69) is 26.0 Å². The molecule has 0 unspecified atom stereocenters. The van der Waals surface area contributed by atoms with Crippen molar-refractivity contribution in [3.8, 4) is 11.1 Å². The second-order valence-corrected chi connectivity index (χ2v) is 5.44. The Balaban J connectivity index is 2.47. The average molecular weight is 273 g/mol. The summed E-state index contributed by atoms with van der Waals surface area (Å²) in [5.41, 5.74) is 3.98. The zero-order valence-electron chi connectivity index (χ0n) is 11.4. The van der Waals surface area contributed by atoms with Crippen molar-refractivity contribution < 1.29 is 4.79 Å². The molecule has 0 spiro atoms. The van der Waals surface area contributed by atoms with Gasteiger partial charge in [0.05, 0.1) is 0 Å². The molecule has 0 aliphatic heterocycles. The molecule has 0 bridgehead atoms. The maximum Gasteiger partial charge on any atom is 0.159 e. The molecule has 0 heterocycles. The number of carbonyl (C=O) groups is 1. The van der Waals surface area contributed by atoms with Gasteiger partial charge in [-0.15, -0.1) is 0 Å². The summed E-state index contributed by atoms with van der Waals surface area (Å²) in [7, 11) is 0. The fourth-order valence-corrected chi connectivity index (χ4v) is 2.32. The van der Waals surface area contributed by atoms with E-state index in [-0.39, 0.29) is 5.78 Å². The molecule has 0 saturated carbocycles. The van der Waals surface area contributed by atoms with E-state index in [1.807, 2.05) is 24.3 Å². The molecular formula is C17H17ClO. The Hall–Kier alpha value is -1.60. The number of halogens is 1. The molecular weight excluding hydrogens is 256 g/mol. The molecule has 0 fully saturated rings. The third-order valence-corrected chi connectivity index (χ3v) is 3.55. The van der Waals surface area contributed by atoms with Crippen LogP contribution in [0.3, 0.4) is 0 Å². The van der Waals surface area contributed by atoms with Crippen molar-refractivity contribution in [3.05, 3.63) is 58.6 Å². The van der Waals surface area contributed by atoms with Crippen molar-refractivity contribution >= 4 is 17.4 Å². The summed E-state index contributed by atoms with van der Waals surface area (Å²) in [6.07, 6.45) is 0. The molecule has 2 rings (SSSR count). The molecule has 0 aliphatic carbocycles. The molecule has 0 saturated heterocycles. The number of rotatable bonds is 3. The molecule has 2 aromatic carbocycles. The Morgan fingerprint density at radius 3 is 2.42 bits per heavy atom. The second kappa shape index (κ2) is 5.58. The number of Topliss-reactive ketones (excluding diaryl/α,β-unsaturated/α-hetero) is 1. The minimum absolute atomic E-state index is 0.0318. The van der Waals surface area contributed by atoms with E-state index >= 15 is 0 Å². The van der Waals surface area contributed by atoms with Gasteiger partial charge in [0, 0.05) is 16.1 Å². The lowest BCUT2D eigenvalue weighted by molar-refractivity contribution is 0.101. The summed E-state index contributed by atoms with van der Waals surface area (Å²) in [5, 5.41) is 0.619. The SMILES string of the molecule is CC(=O)c1ccc(-c2cccc(C(C)C)c2)c(Cl)c1.